The molecule has 10 heteroatoms. The Hall–Kier alpha value is -1.58. The van der Waals surface area contributed by atoms with Crippen LogP contribution >= 0.6 is 11.6 Å². The fourth-order valence-electron chi connectivity index (χ4n) is 2.70. The van der Waals surface area contributed by atoms with Crippen molar-refractivity contribution < 1.29 is 21.6 Å². The Morgan fingerprint density at radius 2 is 2.04 bits per heavy atom. The van der Waals surface area contributed by atoms with Crippen LogP contribution in [0.4, 0.5) is 13.2 Å². The molecule has 1 fully saturated rings. The van der Waals surface area contributed by atoms with Crippen LogP contribution in [0.25, 0.3) is 0 Å². The molecular formula is C16H17ClF3N3O2S. The van der Waals surface area contributed by atoms with Crippen molar-refractivity contribution in [1.29, 1.82) is 0 Å². The van der Waals surface area contributed by atoms with Gasteiger partial charge in [-0.05, 0) is 43.5 Å². The van der Waals surface area contributed by atoms with E-state index in [1.54, 1.807) is 13.0 Å². The first-order valence-electron chi connectivity index (χ1n) is 7.99. The van der Waals surface area contributed by atoms with Crippen molar-refractivity contribution in [3.63, 3.8) is 0 Å². The van der Waals surface area contributed by atoms with Gasteiger partial charge in [0.05, 0.1) is 11.4 Å². The number of nitrogens with one attached hydrogen (secondary N) is 1. The second-order valence-corrected chi connectivity index (χ2v) is 8.35. The second kappa shape index (κ2) is 6.86. The van der Waals surface area contributed by atoms with Crippen molar-refractivity contribution in [3.05, 3.63) is 46.2 Å². The van der Waals surface area contributed by atoms with Crippen LogP contribution in [-0.2, 0) is 22.7 Å². The number of alkyl halides is 3. The topological polar surface area (TPSA) is 64.0 Å². The van der Waals surface area contributed by atoms with E-state index in [2.05, 4.69) is 9.82 Å². The first kappa shape index (κ1) is 19.2. The maximum atomic E-state index is 12.9. The van der Waals surface area contributed by atoms with Gasteiger partial charge in [0.25, 0.3) is 0 Å². The zero-order valence-corrected chi connectivity index (χ0v) is 15.4. The number of halogens is 4. The Labute approximate surface area is 154 Å². The number of hydrogen-bond acceptors (Lipinski definition) is 3. The average molecular weight is 408 g/mol. The van der Waals surface area contributed by atoms with E-state index >= 15 is 0 Å². The molecule has 0 spiro atoms. The number of nitrogens with zero attached hydrogens (tertiary/aromatic N) is 2. The summed E-state index contributed by atoms with van der Waals surface area (Å²) in [5, 5.41) is 3.93. The molecule has 1 aliphatic carbocycles. The van der Waals surface area contributed by atoms with Gasteiger partial charge in [0.1, 0.15) is 0 Å². The monoisotopic (exact) mass is 407 g/mol. The Morgan fingerprint density at radius 1 is 1.35 bits per heavy atom. The Morgan fingerprint density at radius 3 is 2.65 bits per heavy atom. The van der Waals surface area contributed by atoms with Gasteiger partial charge in [-0.25, -0.2) is 13.1 Å². The summed E-state index contributed by atoms with van der Waals surface area (Å²) in [4.78, 5) is 0.0452. The molecule has 1 heterocycles. The number of sulfonamides is 1. The van der Waals surface area contributed by atoms with Crippen molar-refractivity contribution >= 4 is 21.6 Å². The lowest BCUT2D eigenvalue weighted by Gasteiger charge is -2.11. The van der Waals surface area contributed by atoms with Crippen molar-refractivity contribution in [2.75, 3.05) is 6.54 Å². The van der Waals surface area contributed by atoms with Gasteiger partial charge in [0, 0.05) is 23.2 Å². The third-order valence-corrected chi connectivity index (χ3v) is 6.24. The summed E-state index contributed by atoms with van der Waals surface area (Å²) < 4.78 is 67.1. The average Bonchev–Trinajstić information content (AvgIpc) is 3.29. The summed E-state index contributed by atoms with van der Waals surface area (Å²) in [7, 11) is -3.82. The molecule has 0 unspecified atom stereocenters. The van der Waals surface area contributed by atoms with E-state index < -0.39 is 21.9 Å². The molecule has 0 atom stereocenters. The first-order valence-corrected chi connectivity index (χ1v) is 9.85. The van der Waals surface area contributed by atoms with Gasteiger partial charge in [0.2, 0.25) is 10.0 Å². The van der Waals surface area contributed by atoms with Crippen LogP contribution in [0.3, 0.4) is 0 Å². The molecule has 26 heavy (non-hydrogen) atoms. The zero-order valence-electron chi connectivity index (χ0n) is 13.8. The summed E-state index contributed by atoms with van der Waals surface area (Å²) in [5.74, 6) is 0.0605. The molecule has 5 nitrogen and oxygen atoms in total. The quantitative estimate of drug-likeness (QED) is 0.793. The highest BCUT2D eigenvalue weighted by atomic mass is 35.5. The molecule has 0 radical (unpaired) electrons. The van der Waals surface area contributed by atoms with Gasteiger partial charge >= 0.3 is 6.18 Å². The summed E-state index contributed by atoms with van der Waals surface area (Å²) in [6.07, 6.45) is -2.89. The predicted octanol–water partition coefficient (Wildman–Crippen LogP) is 3.72. The Balaban J connectivity index is 1.73. The summed E-state index contributed by atoms with van der Waals surface area (Å²) in [5.41, 5.74) is -0.0396. The third-order valence-electron chi connectivity index (χ3n) is 4.22. The molecule has 0 bridgehead atoms. The minimum absolute atomic E-state index is 0.0146. The van der Waals surface area contributed by atoms with Crippen LogP contribution in [0.5, 0.6) is 0 Å². The molecule has 142 valence electrons. The first-order chi connectivity index (χ1) is 12.1. The maximum Gasteiger partial charge on any atom is 0.435 e. The van der Waals surface area contributed by atoms with E-state index in [9.17, 15) is 21.6 Å². The minimum Gasteiger partial charge on any atom is -0.267 e. The highest BCUT2D eigenvalue weighted by molar-refractivity contribution is 7.89. The van der Waals surface area contributed by atoms with Crippen molar-refractivity contribution in [2.24, 2.45) is 0 Å². The van der Waals surface area contributed by atoms with Crippen LogP contribution in [0.15, 0.2) is 29.2 Å². The van der Waals surface area contributed by atoms with Crippen LogP contribution < -0.4 is 4.72 Å². The van der Waals surface area contributed by atoms with E-state index in [1.807, 2.05) is 0 Å². The van der Waals surface area contributed by atoms with E-state index in [1.165, 1.54) is 16.8 Å². The van der Waals surface area contributed by atoms with Gasteiger partial charge in [-0.2, -0.15) is 18.3 Å². The van der Waals surface area contributed by atoms with Crippen molar-refractivity contribution in [3.8, 4) is 0 Å². The van der Waals surface area contributed by atoms with Gasteiger partial charge in [-0.3, -0.25) is 4.68 Å². The van der Waals surface area contributed by atoms with Crippen LogP contribution in [0, 0.1) is 6.92 Å². The zero-order chi connectivity index (χ0) is 19.1. The number of rotatable bonds is 6. The molecular weight excluding hydrogens is 391 g/mol. The lowest BCUT2D eigenvalue weighted by molar-refractivity contribution is -0.141. The Kier molecular flexibility index (Phi) is 5.06. The van der Waals surface area contributed by atoms with E-state index in [0.717, 1.165) is 18.9 Å². The number of aromatic nitrogens is 2. The molecule has 0 saturated heterocycles. The van der Waals surface area contributed by atoms with Gasteiger partial charge in [-0.1, -0.05) is 17.7 Å². The summed E-state index contributed by atoms with van der Waals surface area (Å²) >= 11 is 5.94. The smallest absolute Gasteiger partial charge is 0.267 e. The third kappa shape index (κ3) is 4.05. The summed E-state index contributed by atoms with van der Waals surface area (Å²) in [6.45, 7) is 1.53. The fourth-order valence-corrected chi connectivity index (χ4v) is 4.22. The van der Waals surface area contributed by atoms with E-state index in [-0.39, 0.29) is 23.9 Å². The standard InChI is InChI=1S/C16H17ClF3N3O2S/c1-10-12(17)3-2-4-14(10)26(24,25)21-7-8-23-13(11-5-6-11)9-15(22-23)16(18,19)20/h2-4,9,11,21H,5-8H2,1H3. The molecule has 2 aromatic rings. The maximum absolute atomic E-state index is 12.9. The molecule has 1 aliphatic rings. The SMILES string of the molecule is Cc1c(Cl)cccc1S(=O)(=O)NCCn1nc(C(F)(F)F)cc1C1CC1. The molecule has 0 aliphatic heterocycles. The lowest BCUT2D eigenvalue weighted by Crippen LogP contribution is -2.28. The van der Waals surface area contributed by atoms with Gasteiger partial charge in [0.15, 0.2) is 5.69 Å². The minimum atomic E-state index is -4.52. The highest BCUT2D eigenvalue weighted by Gasteiger charge is 2.37. The molecule has 3 rings (SSSR count). The Bertz CT molecular complexity index is 921. The summed E-state index contributed by atoms with van der Waals surface area (Å²) in [6, 6.07) is 5.58. The van der Waals surface area contributed by atoms with Crippen molar-refractivity contribution in [1.82, 2.24) is 14.5 Å². The molecule has 1 aromatic carbocycles. The molecule has 1 saturated carbocycles. The largest absolute Gasteiger partial charge is 0.435 e. The van der Waals surface area contributed by atoms with Crippen LogP contribution in [0.2, 0.25) is 5.02 Å². The molecule has 0 amide bonds. The lowest BCUT2D eigenvalue weighted by atomic mass is 10.2. The molecule has 1 N–H and O–H groups in total. The fraction of sp³-hybridized carbons (Fsp3) is 0.438. The number of hydrogen-bond donors (Lipinski definition) is 1. The van der Waals surface area contributed by atoms with Crippen molar-refractivity contribution in [2.45, 2.75) is 43.3 Å². The van der Waals surface area contributed by atoms with E-state index in [0.29, 0.717) is 16.3 Å². The van der Waals surface area contributed by atoms with Crippen LogP contribution in [-0.4, -0.2) is 24.7 Å². The normalized spacial score (nSPS) is 15.4. The second-order valence-electron chi connectivity index (χ2n) is 6.21. The highest BCUT2D eigenvalue weighted by Crippen LogP contribution is 2.42. The van der Waals surface area contributed by atoms with Gasteiger partial charge < -0.3 is 0 Å². The van der Waals surface area contributed by atoms with E-state index in [4.69, 9.17) is 11.6 Å². The van der Waals surface area contributed by atoms with Crippen LogP contribution in [0.1, 0.15) is 35.7 Å². The van der Waals surface area contributed by atoms with Gasteiger partial charge in [-0.15, -0.1) is 0 Å². The predicted molar refractivity (Wildman–Crippen MR) is 90.6 cm³/mol. The molecule has 1 aromatic heterocycles. The number of benzene rings is 1.